The molecule has 0 aromatic heterocycles. The molecule has 0 aliphatic heterocycles. The Labute approximate surface area is 117 Å². The molecule has 0 saturated heterocycles. The molecule has 18 heavy (non-hydrogen) atoms. The minimum atomic E-state index is -3.13. The number of hydrogen-bond donors (Lipinski definition) is 1. The van der Waals surface area contributed by atoms with E-state index < -0.39 is 10.0 Å². The first-order valence-corrected chi connectivity index (χ1v) is 8.99. The van der Waals surface area contributed by atoms with E-state index in [9.17, 15) is 8.42 Å². The molecule has 0 radical (unpaired) electrons. The van der Waals surface area contributed by atoms with E-state index in [1.54, 1.807) is 0 Å². The summed E-state index contributed by atoms with van der Waals surface area (Å²) in [7, 11) is -3.13. The number of benzene rings is 1. The van der Waals surface area contributed by atoms with E-state index in [2.05, 4.69) is 44.9 Å². The van der Waals surface area contributed by atoms with Crippen LogP contribution in [0, 0.1) is 0 Å². The summed E-state index contributed by atoms with van der Waals surface area (Å²) in [6.07, 6.45) is 3.95. The summed E-state index contributed by atoms with van der Waals surface area (Å²) in [5.74, 6) is 0.580. The molecule has 5 heteroatoms. The highest BCUT2D eigenvalue weighted by Crippen LogP contribution is 2.32. The fourth-order valence-corrected chi connectivity index (χ4v) is 3.76. The van der Waals surface area contributed by atoms with E-state index in [-0.39, 0.29) is 10.7 Å². The van der Waals surface area contributed by atoms with Crippen molar-refractivity contribution in [2.24, 2.45) is 0 Å². The van der Waals surface area contributed by atoms with Crippen LogP contribution in [-0.2, 0) is 10.0 Å². The Hall–Kier alpha value is -0.390. The highest BCUT2D eigenvalue weighted by Gasteiger charge is 2.24. The molecule has 0 amide bonds. The van der Waals surface area contributed by atoms with Crippen molar-refractivity contribution in [1.82, 2.24) is 4.72 Å². The molecule has 1 aromatic carbocycles. The predicted molar refractivity (Wildman–Crippen MR) is 77.3 cm³/mol. The van der Waals surface area contributed by atoms with E-state index in [1.165, 1.54) is 5.56 Å². The molecule has 1 aliphatic carbocycles. The Morgan fingerprint density at radius 2 is 1.72 bits per heavy atom. The van der Waals surface area contributed by atoms with Crippen LogP contribution in [0.25, 0.3) is 0 Å². The molecule has 0 unspecified atom stereocenters. The lowest BCUT2D eigenvalue weighted by Crippen LogP contribution is -2.37. The standard InChI is InChI=1S/C13H18BrNO2S/c14-10-18(16,17)15-13-8-6-12(7-9-13)11-4-2-1-3-5-11/h1-5,12-13,15H,6-10H2. The number of nitrogens with one attached hydrogen (secondary N) is 1. The van der Waals surface area contributed by atoms with Gasteiger partial charge in [-0.2, -0.15) is 0 Å². The van der Waals surface area contributed by atoms with Gasteiger partial charge in [0, 0.05) is 6.04 Å². The van der Waals surface area contributed by atoms with Crippen LogP contribution in [0.2, 0.25) is 0 Å². The quantitative estimate of drug-likeness (QED) is 0.862. The summed E-state index contributed by atoms with van der Waals surface area (Å²) in [5, 5.41) is 0. The molecule has 0 heterocycles. The van der Waals surface area contributed by atoms with Crippen LogP contribution in [0.4, 0.5) is 0 Å². The maximum atomic E-state index is 11.5. The molecule has 0 spiro atoms. The van der Waals surface area contributed by atoms with Gasteiger partial charge in [-0.05, 0) is 37.2 Å². The van der Waals surface area contributed by atoms with Crippen LogP contribution < -0.4 is 4.72 Å². The number of rotatable bonds is 4. The topological polar surface area (TPSA) is 46.2 Å². The minimum Gasteiger partial charge on any atom is -0.212 e. The van der Waals surface area contributed by atoms with Gasteiger partial charge < -0.3 is 0 Å². The molecule has 1 aliphatic rings. The molecule has 1 aromatic rings. The second kappa shape index (κ2) is 6.17. The summed E-state index contributed by atoms with van der Waals surface area (Å²) in [6.45, 7) is 0. The van der Waals surface area contributed by atoms with Crippen molar-refractivity contribution in [3.8, 4) is 0 Å². The fraction of sp³-hybridized carbons (Fsp3) is 0.538. The van der Waals surface area contributed by atoms with E-state index in [0.29, 0.717) is 5.92 Å². The zero-order valence-corrected chi connectivity index (χ0v) is 12.6. The fourth-order valence-electron chi connectivity index (χ4n) is 2.56. The predicted octanol–water partition coefficient (Wildman–Crippen LogP) is 2.98. The van der Waals surface area contributed by atoms with Gasteiger partial charge in [-0.25, -0.2) is 13.1 Å². The average molecular weight is 332 g/mol. The molecule has 3 nitrogen and oxygen atoms in total. The normalized spacial score (nSPS) is 24.9. The highest BCUT2D eigenvalue weighted by molar-refractivity contribution is 9.10. The van der Waals surface area contributed by atoms with Crippen LogP contribution in [-0.4, -0.2) is 19.1 Å². The van der Waals surface area contributed by atoms with E-state index in [4.69, 9.17) is 0 Å². The number of alkyl halides is 1. The summed E-state index contributed by atoms with van der Waals surface area (Å²) in [5.41, 5.74) is 1.37. The second-order valence-electron chi connectivity index (χ2n) is 4.80. The Kier molecular flexibility index (Phi) is 4.81. The third-order valence-electron chi connectivity index (χ3n) is 3.49. The summed E-state index contributed by atoms with van der Waals surface area (Å²) < 4.78 is 25.6. The van der Waals surface area contributed by atoms with Crippen LogP contribution in [0.15, 0.2) is 30.3 Å². The minimum absolute atomic E-state index is 0.0153. The molecule has 100 valence electrons. The lowest BCUT2D eigenvalue weighted by atomic mass is 9.82. The Balaban J connectivity index is 1.89. The van der Waals surface area contributed by atoms with Gasteiger partial charge in [0.15, 0.2) is 0 Å². The van der Waals surface area contributed by atoms with Crippen molar-refractivity contribution in [1.29, 1.82) is 0 Å². The third kappa shape index (κ3) is 3.80. The van der Waals surface area contributed by atoms with Gasteiger partial charge in [0.2, 0.25) is 10.0 Å². The molecule has 1 N–H and O–H groups in total. The van der Waals surface area contributed by atoms with Crippen LogP contribution in [0.5, 0.6) is 0 Å². The molecule has 0 atom stereocenters. The van der Waals surface area contributed by atoms with Gasteiger partial charge in [0.05, 0.1) is 0 Å². The van der Waals surface area contributed by atoms with E-state index in [0.717, 1.165) is 25.7 Å². The second-order valence-corrected chi connectivity index (χ2v) is 7.86. The first kappa shape index (κ1) is 14.0. The molecule has 1 fully saturated rings. The molecule has 0 bridgehead atoms. The maximum absolute atomic E-state index is 11.5. The maximum Gasteiger partial charge on any atom is 0.221 e. The molecule has 1 saturated carbocycles. The molecular weight excluding hydrogens is 314 g/mol. The summed E-state index contributed by atoms with van der Waals surface area (Å²) in [6, 6.07) is 10.6. The van der Waals surface area contributed by atoms with Gasteiger partial charge in [-0.3, -0.25) is 0 Å². The molecule has 2 rings (SSSR count). The monoisotopic (exact) mass is 331 g/mol. The Bertz CT molecular complexity index is 467. The summed E-state index contributed by atoms with van der Waals surface area (Å²) in [4.78, 5) is 0. The zero-order chi connectivity index (χ0) is 13.0. The van der Waals surface area contributed by atoms with Crippen molar-refractivity contribution >= 4 is 26.0 Å². The first-order chi connectivity index (χ1) is 8.61. The summed E-state index contributed by atoms with van der Waals surface area (Å²) >= 11 is 3.00. The van der Waals surface area contributed by atoms with Crippen molar-refractivity contribution in [2.45, 2.75) is 37.6 Å². The smallest absolute Gasteiger partial charge is 0.212 e. The highest BCUT2D eigenvalue weighted by atomic mass is 79.9. The van der Waals surface area contributed by atoms with Crippen LogP contribution in [0.1, 0.15) is 37.2 Å². The first-order valence-electron chi connectivity index (χ1n) is 6.21. The zero-order valence-electron chi connectivity index (χ0n) is 10.2. The number of hydrogen-bond acceptors (Lipinski definition) is 2. The van der Waals surface area contributed by atoms with Gasteiger partial charge in [0.25, 0.3) is 0 Å². The van der Waals surface area contributed by atoms with Crippen molar-refractivity contribution in [2.75, 3.05) is 4.66 Å². The molecular formula is C13H18BrNO2S. The third-order valence-corrected chi connectivity index (χ3v) is 6.28. The van der Waals surface area contributed by atoms with Crippen molar-refractivity contribution in [3.05, 3.63) is 35.9 Å². The van der Waals surface area contributed by atoms with E-state index >= 15 is 0 Å². The SMILES string of the molecule is O=S(=O)(CBr)NC1CCC(c2ccccc2)CC1. The van der Waals surface area contributed by atoms with Crippen molar-refractivity contribution < 1.29 is 8.42 Å². The van der Waals surface area contributed by atoms with E-state index in [1.807, 2.05) is 6.07 Å². The number of sulfonamides is 1. The largest absolute Gasteiger partial charge is 0.221 e. The Morgan fingerprint density at radius 3 is 2.28 bits per heavy atom. The van der Waals surface area contributed by atoms with Gasteiger partial charge in [-0.1, -0.05) is 46.3 Å². The average Bonchev–Trinajstić information content (AvgIpc) is 2.40. The van der Waals surface area contributed by atoms with Crippen LogP contribution in [0.3, 0.4) is 0 Å². The van der Waals surface area contributed by atoms with Crippen LogP contribution >= 0.6 is 15.9 Å². The van der Waals surface area contributed by atoms with Crippen molar-refractivity contribution in [3.63, 3.8) is 0 Å². The van der Waals surface area contributed by atoms with Gasteiger partial charge in [-0.15, -0.1) is 0 Å². The lowest BCUT2D eigenvalue weighted by molar-refractivity contribution is 0.374. The Morgan fingerprint density at radius 1 is 1.11 bits per heavy atom. The van der Waals surface area contributed by atoms with Gasteiger partial charge in [0.1, 0.15) is 4.66 Å². The lowest BCUT2D eigenvalue weighted by Gasteiger charge is -2.29. The number of halogens is 1. The van der Waals surface area contributed by atoms with Gasteiger partial charge >= 0.3 is 0 Å².